The summed E-state index contributed by atoms with van der Waals surface area (Å²) in [7, 11) is 1.79. The molecule has 0 aliphatic heterocycles. The number of aromatic nitrogens is 5. The summed E-state index contributed by atoms with van der Waals surface area (Å²) in [5.41, 5.74) is 1.90. The molecule has 3 rings (SSSR count). The van der Waals surface area contributed by atoms with Gasteiger partial charge in [-0.1, -0.05) is 0 Å². The third-order valence-corrected chi connectivity index (χ3v) is 2.58. The van der Waals surface area contributed by atoms with Gasteiger partial charge in [-0.15, -0.1) is 0 Å². The molecule has 3 aromatic heterocycles. The van der Waals surface area contributed by atoms with E-state index in [4.69, 9.17) is 5.11 Å². The van der Waals surface area contributed by atoms with E-state index in [0.29, 0.717) is 11.3 Å². The molecular formula is C11H9N5O2. The number of carboxylic acid groups (broad SMARTS) is 1. The van der Waals surface area contributed by atoms with Crippen molar-refractivity contribution in [2.24, 2.45) is 7.05 Å². The molecule has 90 valence electrons. The van der Waals surface area contributed by atoms with E-state index in [1.807, 2.05) is 0 Å². The number of carboxylic acids is 1. The summed E-state index contributed by atoms with van der Waals surface area (Å²) in [5.74, 6) is -1.05. The molecule has 1 N–H and O–H groups in total. The Morgan fingerprint density at radius 1 is 1.39 bits per heavy atom. The molecule has 7 nitrogen and oxygen atoms in total. The first-order valence-corrected chi connectivity index (χ1v) is 5.22. The van der Waals surface area contributed by atoms with E-state index in [9.17, 15) is 4.79 Å². The third kappa shape index (κ3) is 1.53. The summed E-state index contributed by atoms with van der Waals surface area (Å²) < 4.78 is 2.93. The van der Waals surface area contributed by atoms with Gasteiger partial charge in [0.25, 0.3) is 0 Å². The van der Waals surface area contributed by atoms with Crippen molar-refractivity contribution >= 4 is 11.6 Å². The predicted octanol–water partition coefficient (Wildman–Crippen LogP) is 0.828. The highest BCUT2D eigenvalue weighted by atomic mass is 16.4. The molecule has 3 aromatic rings. The van der Waals surface area contributed by atoms with Crippen LogP contribution in [0.25, 0.3) is 16.9 Å². The standard InChI is InChI=1S/C11H9N5O2/c1-15-6-7(5-13-15)8-4-9(11(17)18)16-10(14-8)2-3-12-16/h2-6H,1H3,(H,17,18). The molecule has 0 aliphatic carbocycles. The largest absolute Gasteiger partial charge is 0.477 e. The maximum Gasteiger partial charge on any atom is 0.354 e. The summed E-state index contributed by atoms with van der Waals surface area (Å²) in [6, 6.07) is 3.14. The van der Waals surface area contributed by atoms with Crippen LogP contribution in [-0.4, -0.2) is 35.5 Å². The number of aryl methyl sites for hydroxylation is 1. The Morgan fingerprint density at radius 2 is 2.22 bits per heavy atom. The average molecular weight is 243 g/mol. The molecular weight excluding hydrogens is 234 g/mol. The molecule has 3 heterocycles. The highest BCUT2D eigenvalue weighted by Gasteiger charge is 2.14. The number of carbonyl (C=O) groups is 1. The van der Waals surface area contributed by atoms with E-state index in [-0.39, 0.29) is 5.69 Å². The monoisotopic (exact) mass is 243 g/mol. The molecule has 0 saturated carbocycles. The Balaban J connectivity index is 2.27. The van der Waals surface area contributed by atoms with Crippen LogP contribution in [0, 0.1) is 0 Å². The second-order valence-corrected chi connectivity index (χ2v) is 3.84. The molecule has 7 heteroatoms. The van der Waals surface area contributed by atoms with Gasteiger partial charge in [0.15, 0.2) is 11.3 Å². The van der Waals surface area contributed by atoms with Gasteiger partial charge in [0.2, 0.25) is 0 Å². The summed E-state index contributed by atoms with van der Waals surface area (Å²) >= 11 is 0. The molecule has 0 radical (unpaired) electrons. The van der Waals surface area contributed by atoms with Crippen LogP contribution in [0.2, 0.25) is 0 Å². The van der Waals surface area contributed by atoms with Gasteiger partial charge >= 0.3 is 5.97 Å². The minimum Gasteiger partial charge on any atom is -0.477 e. The van der Waals surface area contributed by atoms with Crippen LogP contribution in [0.5, 0.6) is 0 Å². The number of rotatable bonds is 2. The van der Waals surface area contributed by atoms with Crippen molar-refractivity contribution in [2.75, 3.05) is 0 Å². The minimum absolute atomic E-state index is 0.0730. The lowest BCUT2D eigenvalue weighted by Gasteiger charge is -2.02. The number of fused-ring (bicyclic) bond motifs is 1. The topological polar surface area (TPSA) is 85.3 Å². The van der Waals surface area contributed by atoms with Crippen LogP contribution in [-0.2, 0) is 7.05 Å². The lowest BCUT2D eigenvalue weighted by atomic mass is 10.2. The first kappa shape index (κ1) is 10.5. The molecule has 0 amide bonds. The Bertz CT molecular complexity index is 743. The van der Waals surface area contributed by atoms with Crippen molar-refractivity contribution in [1.82, 2.24) is 24.4 Å². The lowest BCUT2D eigenvalue weighted by Crippen LogP contribution is -2.07. The fraction of sp³-hybridized carbons (Fsp3) is 0.0909. The third-order valence-electron chi connectivity index (χ3n) is 2.58. The van der Waals surface area contributed by atoms with Gasteiger partial charge in [-0.2, -0.15) is 10.2 Å². The van der Waals surface area contributed by atoms with E-state index in [2.05, 4.69) is 15.2 Å². The Labute approximate surface area is 101 Å². The second-order valence-electron chi connectivity index (χ2n) is 3.84. The van der Waals surface area contributed by atoms with Crippen LogP contribution in [0.3, 0.4) is 0 Å². The van der Waals surface area contributed by atoms with Gasteiger partial charge in [0, 0.05) is 24.9 Å². The second kappa shape index (κ2) is 3.66. The normalized spacial score (nSPS) is 10.9. The summed E-state index contributed by atoms with van der Waals surface area (Å²) in [5, 5.41) is 17.1. The SMILES string of the molecule is Cn1cc(-c2cc(C(=O)O)n3nccc3n2)cn1. The zero-order valence-electron chi connectivity index (χ0n) is 9.48. The highest BCUT2D eigenvalue weighted by molar-refractivity contribution is 5.87. The van der Waals surface area contributed by atoms with E-state index in [1.54, 1.807) is 30.2 Å². The van der Waals surface area contributed by atoms with Gasteiger partial charge in [-0.3, -0.25) is 4.68 Å². The predicted molar refractivity (Wildman–Crippen MR) is 62.1 cm³/mol. The number of nitrogens with zero attached hydrogens (tertiary/aromatic N) is 5. The van der Waals surface area contributed by atoms with Crippen LogP contribution in [0.15, 0.2) is 30.7 Å². The van der Waals surface area contributed by atoms with Crippen LogP contribution >= 0.6 is 0 Å². The quantitative estimate of drug-likeness (QED) is 0.720. The Morgan fingerprint density at radius 3 is 2.89 bits per heavy atom. The van der Waals surface area contributed by atoms with Gasteiger partial charge in [0.05, 0.1) is 18.1 Å². The van der Waals surface area contributed by atoms with Crippen molar-refractivity contribution < 1.29 is 9.90 Å². The Kier molecular flexibility index (Phi) is 2.12. The summed E-state index contributed by atoms with van der Waals surface area (Å²) in [6.07, 6.45) is 4.93. The summed E-state index contributed by atoms with van der Waals surface area (Å²) in [6.45, 7) is 0. The fourth-order valence-corrected chi connectivity index (χ4v) is 1.77. The van der Waals surface area contributed by atoms with Crippen molar-refractivity contribution in [3.05, 3.63) is 36.4 Å². The highest BCUT2D eigenvalue weighted by Crippen LogP contribution is 2.18. The number of aromatic carboxylic acids is 1. The molecule has 0 fully saturated rings. The number of hydrogen-bond acceptors (Lipinski definition) is 4. The van der Waals surface area contributed by atoms with Crippen molar-refractivity contribution in [2.45, 2.75) is 0 Å². The van der Waals surface area contributed by atoms with E-state index >= 15 is 0 Å². The van der Waals surface area contributed by atoms with Gasteiger partial charge in [-0.25, -0.2) is 14.3 Å². The smallest absolute Gasteiger partial charge is 0.354 e. The Hall–Kier alpha value is -2.70. The van der Waals surface area contributed by atoms with Crippen LogP contribution in [0.4, 0.5) is 0 Å². The molecule has 0 unspecified atom stereocenters. The average Bonchev–Trinajstić information content (AvgIpc) is 2.95. The zero-order valence-corrected chi connectivity index (χ0v) is 9.48. The first-order chi connectivity index (χ1) is 8.65. The summed E-state index contributed by atoms with van der Waals surface area (Å²) in [4.78, 5) is 15.5. The molecule has 0 spiro atoms. The van der Waals surface area contributed by atoms with Crippen molar-refractivity contribution in [3.8, 4) is 11.3 Å². The van der Waals surface area contributed by atoms with E-state index in [0.717, 1.165) is 5.56 Å². The van der Waals surface area contributed by atoms with Gasteiger partial charge in [0.1, 0.15) is 0 Å². The number of hydrogen-bond donors (Lipinski definition) is 1. The van der Waals surface area contributed by atoms with E-state index in [1.165, 1.54) is 16.8 Å². The molecule has 0 aromatic carbocycles. The lowest BCUT2D eigenvalue weighted by molar-refractivity contribution is 0.0687. The maximum absolute atomic E-state index is 11.2. The minimum atomic E-state index is -1.05. The maximum atomic E-state index is 11.2. The molecule has 0 saturated heterocycles. The molecule has 0 bridgehead atoms. The van der Waals surface area contributed by atoms with Crippen LogP contribution in [0.1, 0.15) is 10.5 Å². The van der Waals surface area contributed by atoms with Crippen molar-refractivity contribution in [1.29, 1.82) is 0 Å². The molecule has 18 heavy (non-hydrogen) atoms. The van der Waals surface area contributed by atoms with E-state index < -0.39 is 5.97 Å². The van der Waals surface area contributed by atoms with Gasteiger partial charge in [-0.05, 0) is 6.07 Å². The van der Waals surface area contributed by atoms with Crippen LogP contribution < -0.4 is 0 Å². The van der Waals surface area contributed by atoms with Gasteiger partial charge < -0.3 is 5.11 Å². The fourth-order valence-electron chi connectivity index (χ4n) is 1.77. The van der Waals surface area contributed by atoms with Crippen molar-refractivity contribution in [3.63, 3.8) is 0 Å². The molecule has 0 aliphatic rings. The first-order valence-electron chi connectivity index (χ1n) is 5.22. The molecule has 0 atom stereocenters. The zero-order chi connectivity index (χ0) is 12.7.